The first-order valence-electron chi connectivity index (χ1n) is 52.0. The van der Waals surface area contributed by atoms with E-state index in [2.05, 4.69) is 102 Å². The molecule has 1 aliphatic heterocycles. The van der Waals surface area contributed by atoms with Crippen molar-refractivity contribution in [2.45, 2.75) is 436 Å². The van der Waals surface area contributed by atoms with Crippen LogP contribution in [0.5, 0.6) is 0 Å². The summed E-state index contributed by atoms with van der Waals surface area (Å²) in [6, 6.07) is 2.76. The maximum absolute atomic E-state index is 14.6. The molecular weight excluding hydrogens is 1910 g/mol. The normalized spacial score (nSPS) is 15.3. The number of carbonyl (C=O) groups excluding carboxylic acids is 18. The molecule has 39 heteroatoms. The van der Waals surface area contributed by atoms with Crippen LogP contribution in [0.25, 0.3) is 21.8 Å². The van der Waals surface area contributed by atoms with E-state index in [-0.39, 0.29) is 118 Å². The number of aryl methyl sites for hydroxylation is 1. The number of fused-ring (bicyclic) bond motifs is 3. The summed E-state index contributed by atoms with van der Waals surface area (Å²) in [7, 11) is 3.75. The summed E-state index contributed by atoms with van der Waals surface area (Å²) in [5, 5.41) is 49.4. The highest BCUT2D eigenvalue weighted by Gasteiger charge is 2.47. The Kier molecular flexibility index (Phi) is 48.6. The monoisotopic (exact) mass is 2080 g/mol. The number of amides is 17. The van der Waals surface area contributed by atoms with E-state index in [1.165, 1.54) is 111 Å². The molecule has 17 amide bonds. The molecule has 0 saturated carbocycles. The number of nitrogens with one attached hydrogen (secondary N) is 17. The summed E-state index contributed by atoms with van der Waals surface area (Å²) >= 11 is 0. The Morgan fingerprint density at radius 3 is 0.808 bits per heavy atom. The lowest BCUT2D eigenvalue weighted by Crippen LogP contribution is -2.66. The Labute approximate surface area is 874 Å². The zero-order valence-corrected chi connectivity index (χ0v) is 95.1. The van der Waals surface area contributed by atoms with Crippen LogP contribution in [0.4, 0.5) is 0 Å². The largest absolute Gasteiger partial charge is 0.464 e. The molecule has 4 rings (SSSR count). The van der Waals surface area contributed by atoms with E-state index >= 15 is 0 Å². The Morgan fingerprint density at radius 2 is 0.568 bits per heavy atom. The van der Waals surface area contributed by atoms with Crippen LogP contribution in [0, 0.1) is 47.3 Å². The number of aromatic nitrogens is 1. The van der Waals surface area contributed by atoms with Gasteiger partial charge in [-0.3, -0.25) is 81.5 Å². The fourth-order valence-corrected chi connectivity index (χ4v) is 19.7. The highest BCUT2D eigenvalue weighted by molar-refractivity contribution is 8.77. The van der Waals surface area contributed by atoms with Crippen LogP contribution in [0.3, 0.4) is 0 Å². The first kappa shape index (κ1) is 128. The van der Waals surface area contributed by atoms with Crippen molar-refractivity contribution in [3.63, 3.8) is 0 Å². The first-order valence-corrected chi connectivity index (χ1v) is 54.4. The van der Waals surface area contributed by atoms with Gasteiger partial charge in [-0.1, -0.05) is 163 Å². The zero-order chi connectivity index (χ0) is 111. The predicted molar refractivity (Wildman–Crippen MR) is 573 cm³/mol. The number of unbranched alkanes of at least 4 members (excludes halogenated alkanes) is 1. The second-order valence-electron chi connectivity index (χ2n) is 46.9. The second-order valence-corrected chi connectivity index (χ2v) is 49.7. The summed E-state index contributed by atoms with van der Waals surface area (Å²) in [5.74, 6) is -13.7. The van der Waals surface area contributed by atoms with E-state index in [0.717, 1.165) is 58.9 Å². The summed E-state index contributed by atoms with van der Waals surface area (Å²) < 4.78 is 7.63. The molecule has 0 spiro atoms. The summed E-state index contributed by atoms with van der Waals surface area (Å²) in [5.41, 5.74) is -11.1. The minimum Gasteiger partial charge on any atom is -0.464 e. The van der Waals surface area contributed by atoms with Gasteiger partial charge >= 0.3 is 5.97 Å². The smallest absolute Gasteiger partial charge is 0.328 e. The third kappa shape index (κ3) is 40.5. The maximum Gasteiger partial charge on any atom is 0.328 e. The van der Waals surface area contributed by atoms with Gasteiger partial charge < -0.3 is 99.7 Å². The molecule has 822 valence electrons. The van der Waals surface area contributed by atoms with Crippen molar-refractivity contribution in [1.82, 2.24) is 95.0 Å². The highest BCUT2D eigenvalue weighted by atomic mass is 33.1. The van der Waals surface area contributed by atoms with Gasteiger partial charge in [-0.2, -0.15) is 0 Å². The fraction of sp³-hybridized carbons (Fsp3) is 0.720. The first-order chi connectivity index (χ1) is 67.2. The molecular formula is C107H178N18O19S2. The minimum absolute atomic E-state index is 0.0103. The van der Waals surface area contributed by atoms with Gasteiger partial charge in [0.05, 0.1) is 6.61 Å². The number of nitrogens with zero attached hydrogens (tertiary/aromatic N) is 1. The lowest BCUT2D eigenvalue weighted by atomic mass is 9.95. The quantitative estimate of drug-likeness (QED) is 0.0142. The van der Waals surface area contributed by atoms with Crippen molar-refractivity contribution in [3.8, 4) is 0 Å². The number of benzene rings is 2. The van der Waals surface area contributed by atoms with Gasteiger partial charge in [0.25, 0.3) is 0 Å². The van der Waals surface area contributed by atoms with E-state index in [4.69, 9.17) is 4.74 Å². The van der Waals surface area contributed by atoms with Crippen LogP contribution in [-0.2, 0) is 104 Å². The zero-order valence-electron chi connectivity index (χ0n) is 93.5. The van der Waals surface area contributed by atoms with E-state index in [1.807, 2.05) is 133 Å². The highest BCUT2D eigenvalue weighted by Crippen LogP contribution is 2.40. The molecule has 1 aromatic heterocycles. The van der Waals surface area contributed by atoms with Gasteiger partial charge in [-0.05, 0) is 266 Å². The Balaban J connectivity index is 1.42. The number of rotatable bonds is 59. The Bertz CT molecular complexity index is 5000. The van der Waals surface area contributed by atoms with E-state index in [1.54, 1.807) is 48.5 Å². The molecule has 1 saturated heterocycles. The van der Waals surface area contributed by atoms with Gasteiger partial charge in [0, 0.05) is 52.2 Å². The lowest BCUT2D eigenvalue weighted by molar-refractivity contribution is -0.148. The molecule has 2 aromatic carbocycles. The summed E-state index contributed by atoms with van der Waals surface area (Å²) in [4.78, 5) is 258. The molecule has 0 aliphatic carbocycles. The number of ether oxygens (including phenoxy) is 1. The minimum atomic E-state index is -1.80. The molecule has 17 N–H and O–H groups in total. The molecule has 3 aromatic rings. The van der Waals surface area contributed by atoms with Gasteiger partial charge in [0.2, 0.25) is 100 Å². The number of carbonyl (C=O) groups is 18. The van der Waals surface area contributed by atoms with E-state index in [0.29, 0.717) is 18.1 Å². The van der Waals surface area contributed by atoms with E-state index < -0.39 is 199 Å². The predicted octanol–water partition coefficient (Wildman–Crippen LogP) is 9.52. The average molecular weight is 2080 g/mol. The third-order valence-corrected chi connectivity index (χ3v) is 28.1. The maximum atomic E-state index is 14.6. The third-order valence-electron chi connectivity index (χ3n) is 25.1. The molecule has 0 radical (unpaired) electrons. The van der Waals surface area contributed by atoms with Crippen LogP contribution < -0.4 is 90.4 Å². The van der Waals surface area contributed by atoms with Crippen molar-refractivity contribution in [3.05, 3.63) is 48.0 Å². The number of para-hydroxylation sites is 1. The van der Waals surface area contributed by atoms with Crippen molar-refractivity contribution in [2.24, 2.45) is 47.3 Å². The summed E-state index contributed by atoms with van der Waals surface area (Å²) in [6.45, 7) is 56.4. The van der Waals surface area contributed by atoms with Crippen molar-refractivity contribution >= 4 is 150 Å². The van der Waals surface area contributed by atoms with Crippen LogP contribution in [0.2, 0.25) is 0 Å². The second kappa shape index (κ2) is 55.6. The Hall–Kier alpha value is -10.6. The van der Waals surface area contributed by atoms with Crippen LogP contribution >= 0.6 is 21.6 Å². The van der Waals surface area contributed by atoms with Crippen molar-refractivity contribution in [2.75, 3.05) is 12.4 Å². The van der Waals surface area contributed by atoms with Gasteiger partial charge in [-0.25, -0.2) is 4.79 Å². The SMILES string of the molecule is CCOC(=O)[C@H](Cc1ccc2c(c1)c1ccccc1n2CC)NC(=O)C(C)(C)NC(=O)[C@H](CC(C)C)NC(=O)C(C)(C)NC(=O)[C@H](CC(C)C)NC(=O)C(C)(C)NC(=O)[C@H](CC(C)C)NC(=O)C(C)(C)NC(=O)[C@H](CC(C)C)NC(=O)C(C)(C)NC(=O)[C@H](CC(C)C)NC(=O)C(C)(C)NC(=O)[C@H](CC(C)C)NC(=O)C(C)(C)NC(=O)[C@H](CC(C)C)NC(=O)C(C)(C)NC(=O)[C@H](CC(C)C)NC(=O)CCCCC1CCSS1. The van der Waals surface area contributed by atoms with Crippen LogP contribution in [-0.4, -0.2) is 227 Å². The van der Waals surface area contributed by atoms with Gasteiger partial charge in [0.15, 0.2) is 0 Å². The molecule has 1 fully saturated rings. The number of hydrogen-bond donors (Lipinski definition) is 17. The van der Waals surface area contributed by atoms with Gasteiger partial charge in [-0.15, -0.1) is 0 Å². The topological polar surface area (TPSA) is 526 Å². The van der Waals surface area contributed by atoms with E-state index in [9.17, 15) is 86.3 Å². The van der Waals surface area contributed by atoms with Crippen molar-refractivity contribution in [1.29, 1.82) is 0 Å². The molecule has 1 unspecified atom stereocenters. The molecule has 146 heavy (non-hydrogen) atoms. The molecule has 37 nitrogen and oxygen atoms in total. The Morgan fingerprint density at radius 1 is 0.322 bits per heavy atom. The van der Waals surface area contributed by atoms with Crippen LogP contribution in [0.1, 0.15) is 324 Å². The molecule has 10 atom stereocenters. The lowest BCUT2D eigenvalue weighted by Gasteiger charge is -2.35. The average Bonchev–Trinajstić information content (AvgIpc) is 1.61. The van der Waals surface area contributed by atoms with Gasteiger partial charge in [0.1, 0.15) is 98.7 Å². The molecule has 2 heterocycles. The fourth-order valence-electron chi connectivity index (χ4n) is 16.7. The number of hydrogen-bond acceptors (Lipinski definition) is 21. The van der Waals surface area contributed by atoms with Crippen LogP contribution in [0.15, 0.2) is 42.5 Å². The number of esters is 1. The van der Waals surface area contributed by atoms with Crippen molar-refractivity contribution < 1.29 is 91.0 Å². The molecule has 0 bridgehead atoms. The summed E-state index contributed by atoms with van der Waals surface area (Å²) in [6.07, 6.45) is 4.75. The standard InChI is InChI=1S/C107H178N18O19S2/c1-35-125-80-43-39-38-42-69(80)70-57-67(45-46-81(70)125)58-79(91(135)144-36-2)116-99(143)107(33,34)124-90(134)78(56-66(17)18)115-98(142)106(31,32)123-89(133)77(55-65(15)16)114-97(141)105(29,30)122-88(132)76(54-64(13)14)113-96(140)104(27,28)121-87(131)75(53-63(11)12)112-95(139)103(25,26)120-86(130)74(52-62(9)10)111-94(138)102(23,24)119-85(129)73(51-61(7)8)110-93(137)101(21,22)118-84(128)72(50-60(5)6)109-92(136)100(19,20)117-83(127)71(49-59(3)4)108-82(126)44-40-37-41-68-47-48-145-146-68/h38-39,42-43,45-46,57,59-66,68,71-79H,35-37,40-41,44,47-56,58H2,1-34H3,(H,108,126)(H,109,136)(H,110,137)(H,111,138)(H,112,139)(H,113,140)(H,114,141)(H,115,142)(H,116,143)(H,117,127)(H,118,128)(H,119,129)(H,120,130)(H,121,131)(H,122,132)(H,123,133)(H,124,134)/t68?,71-,72-,73-,74-,75-,76-,77-,78-,79-/m0/s1. The molecule has 1 aliphatic rings.